The van der Waals surface area contributed by atoms with Crippen LogP contribution >= 0.6 is 0 Å². The summed E-state index contributed by atoms with van der Waals surface area (Å²) in [5.74, 6) is 2.06. The van der Waals surface area contributed by atoms with Crippen molar-refractivity contribution in [3.63, 3.8) is 0 Å². The third-order valence-electron chi connectivity index (χ3n) is 4.00. The van der Waals surface area contributed by atoms with Gasteiger partial charge in [0, 0.05) is 31.5 Å². The van der Waals surface area contributed by atoms with E-state index in [1.54, 1.807) is 4.68 Å². The molecule has 25 heavy (non-hydrogen) atoms. The predicted octanol–water partition coefficient (Wildman–Crippen LogP) is 1.29. The predicted molar refractivity (Wildman–Crippen MR) is 93.8 cm³/mol. The molecule has 3 rings (SSSR count). The minimum Gasteiger partial charge on any atom is -0.368 e. The van der Waals surface area contributed by atoms with Gasteiger partial charge in [0.25, 0.3) is 0 Å². The number of ether oxygens (including phenoxy) is 1. The maximum atomic E-state index is 11.9. The molecular formula is C17H24N6O2. The smallest absolute Gasteiger partial charge is 0.249 e. The molecule has 8 heteroatoms. The van der Waals surface area contributed by atoms with Crippen LogP contribution in [0.2, 0.25) is 0 Å². The van der Waals surface area contributed by atoms with E-state index in [1.165, 1.54) is 0 Å². The normalized spacial score (nSPS) is 16.8. The summed E-state index contributed by atoms with van der Waals surface area (Å²) in [6.45, 7) is 7.55. The molecule has 0 spiro atoms. The highest BCUT2D eigenvalue weighted by molar-refractivity contribution is 5.80. The third kappa shape index (κ3) is 4.33. The Balaban J connectivity index is 1.57. The van der Waals surface area contributed by atoms with Crippen LogP contribution in [0.5, 0.6) is 0 Å². The molecule has 0 saturated carbocycles. The highest BCUT2D eigenvalue weighted by atomic mass is 16.5. The maximum Gasteiger partial charge on any atom is 0.249 e. The summed E-state index contributed by atoms with van der Waals surface area (Å²) >= 11 is 0. The summed E-state index contributed by atoms with van der Waals surface area (Å²) < 4.78 is 7.16. The molecule has 0 aromatic carbocycles. The zero-order valence-corrected chi connectivity index (χ0v) is 14.9. The van der Waals surface area contributed by atoms with Crippen LogP contribution in [0.1, 0.15) is 30.1 Å². The molecule has 0 unspecified atom stereocenters. The molecule has 1 fully saturated rings. The Morgan fingerprint density at radius 1 is 1.28 bits per heavy atom. The molecule has 2 N–H and O–H groups in total. The first-order valence-corrected chi connectivity index (χ1v) is 8.55. The van der Waals surface area contributed by atoms with Crippen molar-refractivity contribution in [2.45, 2.75) is 39.7 Å². The van der Waals surface area contributed by atoms with E-state index in [0.29, 0.717) is 31.3 Å². The maximum absolute atomic E-state index is 11.9. The van der Waals surface area contributed by atoms with Crippen LogP contribution in [-0.4, -0.2) is 51.5 Å². The van der Waals surface area contributed by atoms with E-state index in [-0.39, 0.29) is 12.0 Å². The zero-order chi connectivity index (χ0) is 17.8. The monoisotopic (exact) mass is 344 g/mol. The van der Waals surface area contributed by atoms with E-state index < -0.39 is 0 Å². The molecule has 134 valence electrons. The second kappa shape index (κ2) is 7.60. The first-order valence-electron chi connectivity index (χ1n) is 8.55. The van der Waals surface area contributed by atoms with Crippen LogP contribution in [-0.2, 0) is 9.53 Å². The minimum absolute atomic E-state index is 0.0403. The van der Waals surface area contributed by atoms with Gasteiger partial charge >= 0.3 is 0 Å². The fourth-order valence-electron chi connectivity index (χ4n) is 2.89. The van der Waals surface area contributed by atoms with Gasteiger partial charge in [0.2, 0.25) is 5.91 Å². The van der Waals surface area contributed by atoms with E-state index in [0.717, 1.165) is 30.0 Å². The first kappa shape index (κ1) is 17.3. The molecule has 2 aromatic rings. The van der Waals surface area contributed by atoms with E-state index >= 15 is 0 Å². The number of carbonyl (C=O) groups is 1. The number of aromatic nitrogens is 4. The van der Waals surface area contributed by atoms with Gasteiger partial charge in [-0.05, 0) is 39.7 Å². The first-order chi connectivity index (χ1) is 12.0. The summed E-state index contributed by atoms with van der Waals surface area (Å²) in [5.41, 5.74) is 1.96. The van der Waals surface area contributed by atoms with Crippen LogP contribution < -0.4 is 10.6 Å². The second-order valence-electron chi connectivity index (χ2n) is 6.22. The average Bonchev–Trinajstić information content (AvgIpc) is 3.20. The van der Waals surface area contributed by atoms with Crippen molar-refractivity contribution in [1.82, 2.24) is 25.1 Å². The fraction of sp³-hybridized carbons (Fsp3) is 0.529. The lowest BCUT2D eigenvalue weighted by atomic mass is 10.2. The van der Waals surface area contributed by atoms with Gasteiger partial charge in [-0.2, -0.15) is 5.10 Å². The Hall–Kier alpha value is -2.48. The molecule has 1 aliphatic rings. The summed E-state index contributed by atoms with van der Waals surface area (Å²) in [6.07, 6.45) is 1.46. The van der Waals surface area contributed by atoms with Crippen molar-refractivity contribution >= 4 is 11.7 Å². The van der Waals surface area contributed by atoms with Gasteiger partial charge in [-0.25, -0.2) is 14.6 Å². The molecule has 3 heterocycles. The molecule has 1 saturated heterocycles. The van der Waals surface area contributed by atoms with Crippen molar-refractivity contribution in [3.8, 4) is 5.82 Å². The number of anilines is 1. The van der Waals surface area contributed by atoms with Crippen LogP contribution in [0.3, 0.4) is 0 Å². The standard InChI is InChI=1S/C17H24N6O2/c1-11-9-12(2)23(22-11)16-10-15(20-13(3)21-16)18-6-7-19-17(24)14-5-4-8-25-14/h9-10,14H,4-8H2,1-3H3,(H,19,24)(H,18,20,21)/t14-/m1/s1. The van der Waals surface area contributed by atoms with Crippen LogP contribution in [0.15, 0.2) is 12.1 Å². The highest BCUT2D eigenvalue weighted by Gasteiger charge is 2.22. The number of amides is 1. The molecular weight excluding hydrogens is 320 g/mol. The lowest BCUT2D eigenvalue weighted by Gasteiger charge is -2.12. The second-order valence-corrected chi connectivity index (χ2v) is 6.22. The number of aryl methyl sites for hydroxylation is 3. The Bertz CT molecular complexity index is 752. The lowest BCUT2D eigenvalue weighted by Crippen LogP contribution is -2.36. The average molecular weight is 344 g/mol. The van der Waals surface area contributed by atoms with Crippen molar-refractivity contribution in [1.29, 1.82) is 0 Å². The molecule has 1 atom stereocenters. The van der Waals surface area contributed by atoms with E-state index in [1.807, 2.05) is 32.9 Å². The van der Waals surface area contributed by atoms with Gasteiger partial charge in [0.05, 0.1) is 5.69 Å². The largest absolute Gasteiger partial charge is 0.368 e. The number of rotatable bonds is 6. The Kier molecular flexibility index (Phi) is 5.28. The van der Waals surface area contributed by atoms with Gasteiger partial charge in [-0.3, -0.25) is 4.79 Å². The quantitative estimate of drug-likeness (QED) is 0.767. The molecule has 8 nitrogen and oxygen atoms in total. The van der Waals surface area contributed by atoms with Gasteiger partial charge in [-0.1, -0.05) is 0 Å². The number of nitrogens with one attached hydrogen (secondary N) is 2. The van der Waals surface area contributed by atoms with E-state index in [4.69, 9.17) is 4.74 Å². The molecule has 1 amide bonds. The van der Waals surface area contributed by atoms with Gasteiger partial charge in [0.1, 0.15) is 17.7 Å². The van der Waals surface area contributed by atoms with Gasteiger partial charge in [-0.15, -0.1) is 0 Å². The Labute approximate surface area is 147 Å². The highest BCUT2D eigenvalue weighted by Crippen LogP contribution is 2.14. The van der Waals surface area contributed by atoms with Crippen LogP contribution in [0, 0.1) is 20.8 Å². The van der Waals surface area contributed by atoms with Crippen molar-refractivity contribution in [2.75, 3.05) is 25.0 Å². The number of hydrogen-bond acceptors (Lipinski definition) is 6. The van der Waals surface area contributed by atoms with Crippen LogP contribution in [0.25, 0.3) is 5.82 Å². The summed E-state index contributed by atoms with van der Waals surface area (Å²) in [6, 6.07) is 3.86. The molecule has 2 aromatic heterocycles. The Morgan fingerprint density at radius 2 is 2.12 bits per heavy atom. The number of hydrogen-bond donors (Lipinski definition) is 2. The number of carbonyl (C=O) groups excluding carboxylic acids is 1. The lowest BCUT2D eigenvalue weighted by molar-refractivity contribution is -0.129. The minimum atomic E-state index is -0.293. The molecule has 0 aliphatic carbocycles. The summed E-state index contributed by atoms with van der Waals surface area (Å²) in [5, 5.41) is 10.6. The van der Waals surface area contributed by atoms with E-state index in [9.17, 15) is 4.79 Å². The van der Waals surface area contributed by atoms with E-state index in [2.05, 4.69) is 25.7 Å². The van der Waals surface area contributed by atoms with Crippen molar-refractivity contribution in [2.24, 2.45) is 0 Å². The van der Waals surface area contributed by atoms with Gasteiger partial charge in [0.15, 0.2) is 5.82 Å². The fourth-order valence-corrected chi connectivity index (χ4v) is 2.89. The molecule has 0 bridgehead atoms. The molecule has 0 radical (unpaired) electrons. The SMILES string of the molecule is Cc1cc(C)n(-c2cc(NCCNC(=O)[C@H]3CCCO3)nc(C)n2)n1. The van der Waals surface area contributed by atoms with Gasteiger partial charge < -0.3 is 15.4 Å². The third-order valence-corrected chi connectivity index (χ3v) is 4.00. The topological polar surface area (TPSA) is 94.0 Å². The Morgan fingerprint density at radius 3 is 2.80 bits per heavy atom. The number of nitrogens with zero attached hydrogens (tertiary/aromatic N) is 4. The van der Waals surface area contributed by atoms with Crippen molar-refractivity contribution < 1.29 is 9.53 Å². The summed E-state index contributed by atoms with van der Waals surface area (Å²) in [7, 11) is 0. The van der Waals surface area contributed by atoms with Crippen molar-refractivity contribution in [3.05, 3.63) is 29.3 Å². The zero-order valence-electron chi connectivity index (χ0n) is 14.9. The van der Waals surface area contributed by atoms with Crippen LogP contribution in [0.4, 0.5) is 5.82 Å². The summed E-state index contributed by atoms with van der Waals surface area (Å²) in [4.78, 5) is 20.7. The molecule has 1 aliphatic heterocycles.